The normalized spacial score (nSPS) is 11.2. The van der Waals surface area contributed by atoms with Crippen molar-refractivity contribution in [3.05, 3.63) is 119 Å². The van der Waals surface area contributed by atoms with E-state index in [4.69, 9.17) is 14.9 Å². The zero-order chi connectivity index (χ0) is 31.9. The lowest BCUT2D eigenvalue weighted by atomic mass is 10.0. The van der Waals surface area contributed by atoms with Crippen LogP contribution in [-0.4, -0.2) is 35.0 Å². The highest BCUT2D eigenvalue weighted by molar-refractivity contribution is 6.04. The number of furan rings is 1. The number of halogens is 1. The third-order valence-electron chi connectivity index (χ3n) is 7.27. The number of fused-ring (bicyclic) bond motifs is 1. The van der Waals surface area contributed by atoms with Gasteiger partial charge >= 0.3 is 0 Å². The van der Waals surface area contributed by atoms with Crippen LogP contribution in [0.15, 0.2) is 107 Å². The van der Waals surface area contributed by atoms with E-state index in [1.807, 2.05) is 31.4 Å². The van der Waals surface area contributed by atoms with Crippen molar-refractivity contribution in [2.75, 3.05) is 11.1 Å². The molecular weight excluding hydrogens is 591 g/mol. The number of aryl methyl sites for hydroxylation is 2. The van der Waals surface area contributed by atoms with Crippen LogP contribution in [0.1, 0.15) is 10.4 Å². The molecule has 0 saturated heterocycles. The summed E-state index contributed by atoms with van der Waals surface area (Å²) in [4.78, 5) is 34.9. The predicted octanol–water partition coefficient (Wildman–Crippen LogP) is 5.55. The van der Waals surface area contributed by atoms with Gasteiger partial charge in [-0.05, 0) is 60.2 Å². The Labute approximate surface area is 260 Å². The summed E-state index contributed by atoms with van der Waals surface area (Å²) in [5, 5.41) is 7.55. The molecule has 0 aliphatic heterocycles. The number of nitrogens with two attached hydrogens (primary N) is 1. The van der Waals surface area contributed by atoms with Crippen LogP contribution < -0.4 is 21.3 Å². The minimum Gasteiger partial charge on any atom is -0.438 e. The number of aromatic nitrogens is 6. The van der Waals surface area contributed by atoms with Crippen molar-refractivity contribution in [1.82, 2.24) is 29.1 Å². The highest BCUT2D eigenvalue weighted by Crippen LogP contribution is 2.44. The highest BCUT2D eigenvalue weighted by atomic mass is 19.1. The Bertz CT molecular complexity index is 2320. The molecule has 0 saturated carbocycles. The van der Waals surface area contributed by atoms with Crippen molar-refractivity contribution in [2.45, 2.75) is 0 Å². The lowest BCUT2D eigenvalue weighted by Gasteiger charge is -2.09. The van der Waals surface area contributed by atoms with Crippen molar-refractivity contribution in [2.24, 2.45) is 14.1 Å². The van der Waals surface area contributed by atoms with Gasteiger partial charge in [0.2, 0.25) is 11.6 Å². The van der Waals surface area contributed by atoms with Crippen molar-refractivity contribution >= 4 is 28.4 Å². The molecule has 228 valence electrons. The van der Waals surface area contributed by atoms with Gasteiger partial charge in [-0.15, -0.1) is 0 Å². The van der Waals surface area contributed by atoms with Gasteiger partial charge in [0.05, 0.1) is 17.4 Å². The maximum atomic E-state index is 13.8. The van der Waals surface area contributed by atoms with E-state index in [9.17, 15) is 14.0 Å². The number of nitrogens with one attached hydrogen (secondary N) is 1. The molecule has 7 aromatic rings. The van der Waals surface area contributed by atoms with Crippen LogP contribution in [0.25, 0.3) is 39.2 Å². The Hall–Kier alpha value is -6.50. The molecule has 1 amide bonds. The minimum absolute atomic E-state index is 0.103. The second-order valence-electron chi connectivity index (χ2n) is 10.5. The maximum Gasteiger partial charge on any atom is 0.284 e. The Morgan fingerprint density at radius 3 is 2.52 bits per heavy atom. The zero-order valence-electron chi connectivity index (χ0n) is 24.5. The number of hydrogen-bond acceptors (Lipinski definition) is 8. The molecule has 7 rings (SSSR count). The van der Waals surface area contributed by atoms with E-state index in [-0.39, 0.29) is 11.4 Å². The fourth-order valence-corrected chi connectivity index (χ4v) is 5.23. The van der Waals surface area contributed by atoms with E-state index in [1.165, 1.54) is 40.1 Å². The number of ether oxygens (including phenoxy) is 1. The molecule has 4 aromatic heterocycles. The maximum absolute atomic E-state index is 13.8. The summed E-state index contributed by atoms with van der Waals surface area (Å²) in [6.07, 6.45) is 6.27. The summed E-state index contributed by atoms with van der Waals surface area (Å²) in [6, 6.07) is 19.5. The first-order chi connectivity index (χ1) is 22.2. The molecule has 0 fully saturated rings. The summed E-state index contributed by atoms with van der Waals surface area (Å²) < 4.78 is 30.5. The van der Waals surface area contributed by atoms with E-state index in [0.29, 0.717) is 45.2 Å². The molecule has 0 aliphatic carbocycles. The van der Waals surface area contributed by atoms with Crippen LogP contribution in [0.4, 0.5) is 15.8 Å². The predicted molar refractivity (Wildman–Crippen MR) is 169 cm³/mol. The minimum atomic E-state index is -0.616. The van der Waals surface area contributed by atoms with Gasteiger partial charge in [-0.25, -0.2) is 19.0 Å². The van der Waals surface area contributed by atoms with Crippen molar-refractivity contribution in [3.63, 3.8) is 0 Å². The molecule has 4 heterocycles. The number of nitrogens with zero attached hydrogens (tertiary/aromatic N) is 6. The number of anilines is 2. The summed E-state index contributed by atoms with van der Waals surface area (Å²) >= 11 is 0. The topological polar surface area (TPSA) is 148 Å². The van der Waals surface area contributed by atoms with E-state index < -0.39 is 17.3 Å². The third-order valence-corrected chi connectivity index (χ3v) is 7.27. The molecule has 3 aromatic carbocycles. The average Bonchev–Trinajstić information content (AvgIpc) is 3.73. The molecule has 12 nitrogen and oxygen atoms in total. The van der Waals surface area contributed by atoms with Gasteiger partial charge in [0.15, 0.2) is 0 Å². The molecule has 13 heteroatoms. The van der Waals surface area contributed by atoms with Crippen LogP contribution in [0, 0.1) is 5.82 Å². The quantitative estimate of drug-likeness (QED) is 0.222. The lowest BCUT2D eigenvalue weighted by molar-refractivity contribution is 0.102. The molecule has 3 N–H and O–H groups in total. The van der Waals surface area contributed by atoms with Gasteiger partial charge in [-0.1, -0.05) is 18.2 Å². The van der Waals surface area contributed by atoms with Crippen LogP contribution >= 0.6 is 0 Å². The van der Waals surface area contributed by atoms with Crippen LogP contribution in [-0.2, 0) is 14.1 Å². The molecule has 0 unspecified atom stereocenters. The first kappa shape index (κ1) is 28.3. The Morgan fingerprint density at radius 1 is 0.978 bits per heavy atom. The number of hydrogen-bond donors (Lipinski definition) is 2. The summed E-state index contributed by atoms with van der Waals surface area (Å²) in [6.45, 7) is 0. The standard InChI is InChI=1S/C33H25FN8O4/c1-40-16-20(15-38-40)29-27(19-5-3-7-22(35)13-19)28-31(36-18-37-32(28)46-29)45-25-11-9-23(10-12-25)39-30(43)26-17-41(2)42(33(26)44)24-8-4-6-21(34)14-24/h3-18H,35H2,1-2H3,(H,39,43). The van der Waals surface area contributed by atoms with Gasteiger partial charge in [0, 0.05) is 43.4 Å². The second-order valence-corrected chi connectivity index (χ2v) is 10.5. The van der Waals surface area contributed by atoms with Gasteiger partial charge < -0.3 is 20.2 Å². The fourth-order valence-electron chi connectivity index (χ4n) is 5.23. The Kier molecular flexibility index (Phi) is 6.89. The van der Waals surface area contributed by atoms with Crippen LogP contribution in [0.5, 0.6) is 11.6 Å². The Balaban J connectivity index is 1.18. The largest absolute Gasteiger partial charge is 0.438 e. The second kappa shape index (κ2) is 11.2. The Morgan fingerprint density at radius 2 is 1.78 bits per heavy atom. The highest BCUT2D eigenvalue weighted by Gasteiger charge is 2.24. The van der Waals surface area contributed by atoms with Gasteiger partial charge in [0.25, 0.3) is 11.5 Å². The van der Waals surface area contributed by atoms with Crippen molar-refractivity contribution < 1.29 is 18.3 Å². The molecule has 0 spiro atoms. The zero-order valence-corrected chi connectivity index (χ0v) is 24.5. The number of nitrogen functional groups attached to an aromatic ring is 1. The van der Waals surface area contributed by atoms with Crippen molar-refractivity contribution in [3.8, 4) is 39.8 Å². The van der Waals surface area contributed by atoms with Gasteiger partial charge in [0.1, 0.15) is 34.6 Å². The van der Waals surface area contributed by atoms with E-state index in [2.05, 4.69) is 20.4 Å². The monoisotopic (exact) mass is 616 g/mol. The molecule has 0 atom stereocenters. The molecule has 0 aliphatic rings. The fraction of sp³-hybridized carbons (Fsp3) is 0.0606. The summed E-state index contributed by atoms with van der Waals surface area (Å²) in [5.74, 6) is 0.0999. The first-order valence-corrected chi connectivity index (χ1v) is 14.0. The molecule has 46 heavy (non-hydrogen) atoms. The van der Waals surface area contributed by atoms with Gasteiger partial charge in [-0.2, -0.15) is 5.10 Å². The summed E-state index contributed by atoms with van der Waals surface area (Å²) in [7, 11) is 3.41. The van der Waals surface area contributed by atoms with E-state index in [0.717, 1.165) is 11.1 Å². The smallest absolute Gasteiger partial charge is 0.284 e. The SMILES string of the molecule is Cn1cc(-c2oc3ncnc(Oc4ccc(NC(=O)c5cn(C)n(-c6cccc(F)c6)c5=O)cc4)c3c2-c2cccc(N)c2)cn1. The van der Waals surface area contributed by atoms with Gasteiger partial charge in [-0.3, -0.25) is 19.0 Å². The number of benzene rings is 3. The molecule has 0 radical (unpaired) electrons. The third kappa shape index (κ3) is 5.15. The van der Waals surface area contributed by atoms with Crippen LogP contribution in [0.3, 0.4) is 0 Å². The summed E-state index contributed by atoms with van der Waals surface area (Å²) in [5.41, 5.74) is 9.28. The van der Waals surface area contributed by atoms with E-state index >= 15 is 0 Å². The first-order valence-electron chi connectivity index (χ1n) is 14.0. The molecule has 0 bridgehead atoms. The lowest BCUT2D eigenvalue weighted by Crippen LogP contribution is -2.25. The van der Waals surface area contributed by atoms with E-state index in [1.54, 1.807) is 54.3 Å². The molecular formula is C33H25FN8O4. The number of carbonyl (C=O) groups is 1. The van der Waals surface area contributed by atoms with Crippen molar-refractivity contribution in [1.29, 1.82) is 0 Å². The number of carbonyl (C=O) groups excluding carboxylic acids is 1. The number of rotatable bonds is 7. The average molecular weight is 617 g/mol. The van der Waals surface area contributed by atoms with Crippen LogP contribution in [0.2, 0.25) is 0 Å². The number of amides is 1.